The van der Waals surface area contributed by atoms with Gasteiger partial charge in [-0.15, -0.1) is 0 Å². The summed E-state index contributed by atoms with van der Waals surface area (Å²) in [5, 5.41) is 15.6. The molecule has 39 heavy (non-hydrogen) atoms. The maximum Gasteiger partial charge on any atom is 0.263 e. The van der Waals surface area contributed by atoms with E-state index < -0.39 is 10.0 Å². The third kappa shape index (κ3) is 4.71. The largest absolute Gasteiger partial charge is 0.493 e. The number of imidazole rings is 1. The summed E-state index contributed by atoms with van der Waals surface area (Å²) in [6.45, 7) is 1.66. The van der Waals surface area contributed by atoms with Crippen molar-refractivity contribution in [1.82, 2.24) is 14.7 Å². The normalized spacial score (nSPS) is 13.6. The quantitative estimate of drug-likeness (QED) is 0.254. The first-order valence-electron chi connectivity index (χ1n) is 11.8. The van der Waals surface area contributed by atoms with Crippen LogP contribution in [0.1, 0.15) is 17.0 Å². The second-order valence-corrected chi connectivity index (χ2v) is 10.9. The van der Waals surface area contributed by atoms with E-state index >= 15 is 0 Å². The SMILES string of the molecule is Cc1cc(NS(=O)(=O)c2ccc(-n3c(-c4ccc(Cl)cc4)nc(/C=C4\C=Nc5ccccc54)c3O)cc2)no1. The maximum atomic E-state index is 12.9. The lowest BCUT2D eigenvalue weighted by molar-refractivity contribution is 0.400. The van der Waals surface area contributed by atoms with Crippen molar-refractivity contribution < 1.29 is 18.0 Å². The number of sulfonamides is 1. The van der Waals surface area contributed by atoms with Crippen molar-refractivity contribution in [2.75, 3.05) is 4.72 Å². The average molecular weight is 558 g/mol. The van der Waals surface area contributed by atoms with Crippen LogP contribution in [0, 0.1) is 6.92 Å². The Morgan fingerprint density at radius 2 is 1.77 bits per heavy atom. The monoisotopic (exact) mass is 557 g/mol. The molecule has 5 aromatic rings. The molecule has 0 aliphatic carbocycles. The summed E-state index contributed by atoms with van der Waals surface area (Å²) in [4.78, 5) is 9.18. The van der Waals surface area contributed by atoms with Gasteiger partial charge >= 0.3 is 0 Å². The molecule has 0 unspecified atom stereocenters. The Labute approximate surface area is 228 Å². The Morgan fingerprint density at radius 1 is 1.03 bits per heavy atom. The number of anilines is 1. The van der Waals surface area contributed by atoms with Crippen LogP contribution >= 0.6 is 11.6 Å². The lowest BCUT2D eigenvalue weighted by atomic mass is 10.1. The summed E-state index contributed by atoms with van der Waals surface area (Å²) in [6, 6.07) is 22.3. The minimum absolute atomic E-state index is 0.0145. The van der Waals surface area contributed by atoms with Gasteiger partial charge in [-0.2, -0.15) is 0 Å². The van der Waals surface area contributed by atoms with Crippen LogP contribution in [0.15, 0.2) is 93.3 Å². The second kappa shape index (κ2) is 9.57. The Balaban J connectivity index is 1.42. The molecule has 2 N–H and O–H groups in total. The molecule has 6 rings (SSSR count). The number of allylic oxidation sites excluding steroid dienone is 1. The number of halogens is 1. The molecule has 3 aromatic carbocycles. The van der Waals surface area contributed by atoms with Crippen LogP contribution in [0.25, 0.3) is 28.7 Å². The first kappa shape index (κ1) is 24.7. The number of hydrogen-bond acceptors (Lipinski definition) is 7. The van der Waals surface area contributed by atoms with Crippen LogP contribution < -0.4 is 4.72 Å². The molecule has 0 amide bonds. The molecule has 9 nitrogen and oxygen atoms in total. The number of benzene rings is 3. The molecule has 0 radical (unpaired) electrons. The van der Waals surface area contributed by atoms with Crippen molar-refractivity contribution in [3.63, 3.8) is 0 Å². The number of rotatable bonds is 6. The second-order valence-electron chi connectivity index (χ2n) is 8.78. The van der Waals surface area contributed by atoms with Gasteiger partial charge in [-0.05, 0) is 67.6 Å². The van der Waals surface area contributed by atoms with Crippen LogP contribution in [0.3, 0.4) is 0 Å². The van der Waals surface area contributed by atoms with E-state index in [1.54, 1.807) is 60.2 Å². The standard InChI is InChI=1S/C28H20ClN5O4S/c1-17-14-26(32-38-17)33-39(36,37)22-12-10-21(11-13-22)34-27(18-6-8-20(29)9-7-18)31-25(28(34)35)15-19-16-30-24-5-3-2-4-23(19)24/h2-16,35H,1H3,(H,32,33)/b19-15+. The predicted molar refractivity (Wildman–Crippen MR) is 150 cm³/mol. The summed E-state index contributed by atoms with van der Waals surface area (Å²) in [5.41, 5.74) is 4.13. The summed E-state index contributed by atoms with van der Waals surface area (Å²) in [7, 11) is -3.91. The van der Waals surface area contributed by atoms with Gasteiger partial charge in [0.05, 0.1) is 16.3 Å². The first-order valence-corrected chi connectivity index (χ1v) is 13.6. The molecule has 194 valence electrons. The topological polar surface area (TPSA) is 123 Å². The number of fused-ring (bicyclic) bond motifs is 1. The number of aryl methyl sites for hydroxylation is 1. The van der Waals surface area contributed by atoms with Crippen LogP contribution in [0.4, 0.5) is 11.5 Å². The maximum absolute atomic E-state index is 12.9. The van der Waals surface area contributed by atoms with Gasteiger partial charge in [-0.1, -0.05) is 35.0 Å². The van der Waals surface area contributed by atoms with Crippen LogP contribution in [-0.2, 0) is 10.0 Å². The van der Waals surface area contributed by atoms with Crippen molar-refractivity contribution in [1.29, 1.82) is 0 Å². The van der Waals surface area contributed by atoms with Crippen LogP contribution in [0.5, 0.6) is 5.88 Å². The number of aliphatic imine (C=N–C) groups is 1. The molecule has 2 aromatic heterocycles. The minimum Gasteiger partial charge on any atom is -0.493 e. The van der Waals surface area contributed by atoms with E-state index in [0.717, 1.165) is 16.8 Å². The van der Waals surface area contributed by atoms with Gasteiger partial charge < -0.3 is 9.63 Å². The van der Waals surface area contributed by atoms with Gasteiger partial charge in [0.1, 0.15) is 17.3 Å². The zero-order chi connectivity index (χ0) is 27.1. The fourth-order valence-electron chi connectivity index (χ4n) is 4.25. The molecular formula is C28H20ClN5O4S. The molecular weight excluding hydrogens is 538 g/mol. The number of nitrogens with one attached hydrogen (secondary N) is 1. The zero-order valence-electron chi connectivity index (χ0n) is 20.4. The third-order valence-corrected chi connectivity index (χ3v) is 7.73. The van der Waals surface area contributed by atoms with Gasteiger partial charge in [0.25, 0.3) is 10.0 Å². The number of aromatic nitrogens is 3. The smallest absolute Gasteiger partial charge is 0.263 e. The van der Waals surface area contributed by atoms with E-state index in [0.29, 0.717) is 33.6 Å². The van der Waals surface area contributed by atoms with E-state index in [9.17, 15) is 13.5 Å². The van der Waals surface area contributed by atoms with E-state index in [1.807, 2.05) is 24.3 Å². The minimum atomic E-state index is -3.91. The highest BCUT2D eigenvalue weighted by atomic mass is 35.5. The Bertz CT molecular complexity index is 1870. The van der Waals surface area contributed by atoms with E-state index in [-0.39, 0.29) is 16.6 Å². The summed E-state index contributed by atoms with van der Waals surface area (Å²) in [6.07, 6.45) is 3.50. The van der Waals surface area contributed by atoms with Gasteiger partial charge in [-0.3, -0.25) is 14.3 Å². The van der Waals surface area contributed by atoms with Gasteiger partial charge in [0.2, 0.25) is 5.88 Å². The summed E-state index contributed by atoms with van der Waals surface area (Å²) < 4.78 is 34.6. The van der Waals surface area contributed by atoms with Crippen molar-refractivity contribution >= 4 is 51.0 Å². The van der Waals surface area contributed by atoms with Crippen molar-refractivity contribution in [3.8, 4) is 23.0 Å². The molecule has 11 heteroatoms. The molecule has 0 atom stereocenters. The molecule has 0 fully saturated rings. The molecule has 3 heterocycles. The molecule has 1 aliphatic rings. The number of nitrogens with zero attached hydrogens (tertiary/aromatic N) is 4. The Morgan fingerprint density at radius 3 is 2.49 bits per heavy atom. The Kier molecular flexibility index (Phi) is 6.05. The molecule has 0 bridgehead atoms. The third-order valence-electron chi connectivity index (χ3n) is 6.10. The average Bonchev–Trinajstić information content (AvgIpc) is 3.62. The number of hydrogen-bond donors (Lipinski definition) is 2. The highest BCUT2D eigenvalue weighted by Crippen LogP contribution is 2.37. The van der Waals surface area contributed by atoms with Crippen molar-refractivity contribution in [3.05, 3.63) is 101 Å². The van der Waals surface area contributed by atoms with Crippen molar-refractivity contribution in [2.45, 2.75) is 11.8 Å². The molecule has 0 spiro atoms. The lowest BCUT2D eigenvalue weighted by Gasteiger charge is -2.11. The van der Waals surface area contributed by atoms with E-state index in [2.05, 4.69) is 14.9 Å². The van der Waals surface area contributed by atoms with Gasteiger partial charge in [0, 0.05) is 34.0 Å². The molecule has 0 saturated heterocycles. The Hall–Kier alpha value is -4.67. The highest BCUT2D eigenvalue weighted by Gasteiger charge is 2.22. The predicted octanol–water partition coefficient (Wildman–Crippen LogP) is 6.25. The summed E-state index contributed by atoms with van der Waals surface area (Å²) >= 11 is 6.10. The fraction of sp³-hybridized carbons (Fsp3) is 0.0357. The zero-order valence-corrected chi connectivity index (χ0v) is 22.0. The van der Waals surface area contributed by atoms with E-state index in [1.165, 1.54) is 18.2 Å². The van der Waals surface area contributed by atoms with Gasteiger partial charge in [0.15, 0.2) is 5.82 Å². The highest BCUT2D eigenvalue weighted by molar-refractivity contribution is 7.92. The molecule has 0 saturated carbocycles. The summed E-state index contributed by atoms with van der Waals surface area (Å²) in [5.74, 6) is 0.901. The fourth-order valence-corrected chi connectivity index (χ4v) is 5.36. The molecule has 1 aliphatic heterocycles. The number of aromatic hydroxyl groups is 1. The lowest BCUT2D eigenvalue weighted by Crippen LogP contribution is -2.13. The first-order chi connectivity index (χ1) is 18.8. The van der Waals surface area contributed by atoms with Gasteiger partial charge in [-0.25, -0.2) is 13.4 Å². The van der Waals surface area contributed by atoms with Crippen LogP contribution in [-0.4, -0.2) is 34.4 Å². The number of para-hydroxylation sites is 1. The van der Waals surface area contributed by atoms with Crippen LogP contribution in [0.2, 0.25) is 5.02 Å². The van der Waals surface area contributed by atoms with Crippen molar-refractivity contribution in [2.24, 2.45) is 4.99 Å². The van der Waals surface area contributed by atoms with E-state index in [4.69, 9.17) is 21.1 Å².